The van der Waals surface area contributed by atoms with Crippen LogP contribution in [0.25, 0.3) is 0 Å². The Morgan fingerprint density at radius 1 is 1.24 bits per heavy atom. The molecule has 0 aliphatic carbocycles. The van der Waals surface area contributed by atoms with E-state index in [0.717, 1.165) is 12.1 Å². The van der Waals surface area contributed by atoms with Gasteiger partial charge < -0.3 is 0 Å². The maximum absolute atomic E-state index is 13.3. The fourth-order valence-electron chi connectivity index (χ4n) is 1.56. The van der Waals surface area contributed by atoms with Crippen LogP contribution in [0, 0.1) is 18.6 Å². The van der Waals surface area contributed by atoms with Gasteiger partial charge in [-0.05, 0) is 42.8 Å². The third-order valence-electron chi connectivity index (χ3n) is 2.28. The summed E-state index contributed by atoms with van der Waals surface area (Å²) in [6.45, 7) is 1.66. The van der Waals surface area contributed by atoms with Crippen LogP contribution >= 0.6 is 0 Å². The molecule has 0 N–H and O–H groups in total. The molecule has 0 unspecified atom stereocenters. The minimum Gasteiger partial charge on any atom is -0.287 e. The van der Waals surface area contributed by atoms with Gasteiger partial charge in [0.2, 0.25) is 5.78 Å². The highest BCUT2D eigenvalue weighted by atomic mass is 19.1. The van der Waals surface area contributed by atoms with Crippen LogP contribution in [-0.2, 0) is 0 Å². The molecule has 0 spiro atoms. The largest absolute Gasteiger partial charge is 0.287 e. The molecule has 0 bridgehead atoms. The third kappa shape index (κ3) is 2.36. The van der Waals surface area contributed by atoms with Crippen LogP contribution in [0.5, 0.6) is 0 Å². The first kappa shape index (κ1) is 11.4. The Morgan fingerprint density at radius 3 is 2.65 bits per heavy atom. The summed E-state index contributed by atoms with van der Waals surface area (Å²) < 4.78 is 26.5. The maximum atomic E-state index is 13.3. The second-order valence-electron chi connectivity index (χ2n) is 3.68. The van der Waals surface area contributed by atoms with Crippen molar-refractivity contribution in [3.63, 3.8) is 0 Å². The topological polar surface area (TPSA) is 30.0 Å². The number of benzene rings is 1. The Bertz CT molecular complexity index is 561. The zero-order chi connectivity index (χ0) is 12.4. The highest BCUT2D eigenvalue weighted by Gasteiger charge is 2.15. The van der Waals surface area contributed by atoms with E-state index >= 15 is 0 Å². The van der Waals surface area contributed by atoms with Gasteiger partial charge >= 0.3 is 0 Å². The zero-order valence-corrected chi connectivity index (χ0v) is 9.08. The van der Waals surface area contributed by atoms with E-state index in [1.54, 1.807) is 6.92 Å². The summed E-state index contributed by atoms with van der Waals surface area (Å²) >= 11 is 0. The van der Waals surface area contributed by atoms with Gasteiger partial charge in [0.25, 0.3) is 0 Å². The first-order chi connectivity index (χ1) is 8.08. The average molecular weight is 233 g/mol. The summed E-state index contributed by atoms with van der Waals surface area (Å²) in [5.41, 5.74) is 0.405. The number of nitrogens with zero attached hydrogens (tertiary/aromatic N) is 1. The minimum atomic E-state index is -0.709. The monoisotopic (exact) mass is 233 g/mol. The predicted molar refractivity (Wildman–Crippen MR) is 58.8 cm³/mol. The SMILES string of the molecule is Cc1cc(F)cc(C(=O)c2ncccc2F)c1. The van der Waals surface area contributed by atoms with Crippen LogP contribution in [0.15, 0.2) is 36.5 Å². The molecule has 0 fully saturated rings. The molecule has 2 aromatic rings. The number of pyridine rings is 1. The van der Waals surface area contributed by atoms with E-state index in [1.807, 2.05) is 0 Å². The first-order valence-corrected chi connectivity index (χ1v) is 5.00. The Kier molecular flexibility index (Phi) is 2.95. The summed E-state index contributed by atoms with van der Waals surface area (Å²) in [7, 11) is 0. The highest BCUT2D eigenvalue weighted by molar-refractivity contribution is 6.07. The quantitative estimate of drug-likeness (QED) is 0.746. The highest BCUT2D eigenvalue weighted by Crippen LogP contribution is 2.14. The van der Waals surface area contributed by atoms with Gasteiger partial charge in [0.15, 0.2) is 5.82 Å². The van der Waals surface area contributed by atoms with E-state index < -0.39 is 17.4 Å². The van der Waals surface area contributed by atoms with Crippen molar-refractivity contribution < 1.29 is 13.6 Å². The van der Waals surface area contributed by atoms with Gasteiger partial charge in [-0.3, -0.25) is 4.79 Å². The first-order valence-electron chi connectivity index (χ1n) is 5.00. The van der Waals surface area contributed by atoms with E-state index in [-0.39, 0.29) is 11.3 Å². The molecule has 0 aliphatic heterocycles. The average Bonchev–Trinajstić information content (AvgIpc) is 2.27. The molecule has 0 atom stereocenters. The molecule has 2 rings (SSSR count). The number of rotatable bonds is 2. The van der Waals surface area contributed by atoms with Gasteiger partial charge in [0, 0.05) is 11.8 Å². The Hall–Kier alpha value is -2.10. The van der Waals surface area contributed by atoms with Gasteiger partial charge in [-0.25, -0.2) is 13.8 Å². The van der Waals surface area contributed by atoms with E-state index in [4.69, 9.17) is 0 Å². The number of halogens is 2. The summed E-state index contributed by atoms with van der Waals surface area (Å²) in [4.78, 5) is 15.6. The molecule has 2 nitrogen and oxygen atoms in total. The van der Waals surface area contributed by atoms with Crippen molar-refractivity contribution in [3.8, 4) is 0 Å². The van der Waals surface area contributed by atoms with Crippen molar-refractivity contribution in [2.45, 2.75) is 6.92 Å². The second-order valence-corrected chi connectivity index (χ2v) is 3.68. The molecular formula is C13H9F2NO. The summed E-state index contributed by atoms with van der Waals surface area (Å²) in [5, 5.41) is 0. The molecule has 1 aromatic carbocycles. The van der Waals surface area contributed by atoms with Gasteiger partial charge in [-0.2, -0.15) is 0 Å². The molecule has 0 radical (unpaired) electrons. The smallest absolute Gasteiger partial charge is 0.214 e. The van der Waals surface area contributed by atoms with Crippen molar-refractivity contribution in [2.75, 3.05) is 0 Å². The van der Waals surface area contributed by atoms with Crippen molar-refractivity contribution >= 4 is 5.78 Å². The fraction of sp³-hybridized carbons (Fsp3) is 0.0769. The Balaban J connectivity index is 2.48. The maximum Gasteiger partial charge on any atom is 0.214 e. The van der Waals surface area contributed by atoms with E-state index in [2.05, 4.69) is 4.98 Å². The summed E-state index contributed by atoms with van der Waals surface area (Å²) in [6.07, 6.45) is 1.32. The van der Waals surface area contributed by atoms with Crippen molar-refractivity contribution in [3.05, 3.63) is 65.0 Å². The molecule has 0 saturated heterocycles. The van der Waals surface area contributed by atoms with Crippen LogP contribution in [0.3, 0.4) is 0 Å². The molecule has 0 amide bonds. The Morgan fingerprint density at radius 2 is 2.00 bits per heavy atom. The molecule has 86 valence electrons. The standard InChI is InChI=1S/C13H9F2NO/c1-8-5-9(7-10(14)6-8)13(17)12-11(15)3-2-4-16-12/h2-7H,1H3. The lowest BCUT2D eigenvalue weighted by Gasteiger charge is -2.03. The van der Waals surface area contributed by atoms with Gasteiger partial charge in [0.1, 0.15) is 11.5 Å². The number of carbonyl (C=O) groups is 1. The number of ketones is 1. The number of carbonyl (C=O) groups excluding carboxylic acids is 1. The molecule has 1 heterocycles. The van der Waals surface area contributed by atoms with Crippen LogP contribution in [0.2, 0.25) is 0 Å². The zero-order valence-electron chi connectivity index (χ0n) is 9.08. The number of hydrogen-bond donors (Lipinski definition) is 0. The van der Waals surface area contributed by atoms with Crippen LogP contribution < -0.4 is 0 Å². The minimum absolute atomic E-state index is 0.0973. The molecule has 0 saturated carbocycles. The number of aromatic nitrogens is 1. The molecule has 17 heavy (non-hydrogen) atoms. The molecule has 0 aliphatic rings. The van der Waals surface area contributed by atoms with Gasteiger partial charge in [-0.1, -0.05) is 0 Å². The summed E-state index contributed by atoms with van der Waals surface area (Å²) in [5.74, 6) is -1.85. The Labute approximate surface area is 96.9 Å². The number of hydrogen-bond acceptors (Lipinski definition) is 2. The van der Waals surface area contributed by atoms with Crippen LogP contribution in [0.1, 0.15) is 21.6 Å². The second kappa shape index (κ2) is 4.41. The van der Waals surface area contributed by atoms with E-state index in [1.165, 1.54) is 24.4 Å². The van der Waals surface area contributed by atoms with Gasteiger partial charge in [-0.15, -0.1) is 0 Å². The lowest BCUT2D eigenvalue weighted by atomic mass is 10.0. The molecular weight excluding hydrogens is 224 g/mol. The van der Waals surface area contributed by atoms with Crippen LogP contribution in [-0.4, -0.2) is 10.8 Å². The third-order valence-corrected chi connectivity index (χ3v) is 2.28. The summed E-state index contributed by atoms with van der Waals surface area (Å²) in [6, 6.07) is 6.41. The van der Waals surface area contributed by atoms with Crippen LogP contribution in [0.4, 0.5) is 8.78 Å². The number of aryl methyl sites for hydroxylation is 1. The normalized spacial score (nSPS) is 10.3. The van der Waals surface area contributed by atoms with E-state index in [0.29, 0.717) is 5.56 Å². The van der Waals surface area contributed by atoms with Crippen molar-refractivity contribution in [1.29, 1.82) is 0 Å². The lowest BCUT2D eigenvalue weighted by molar-refractivity contribution is 0.102. The molecule has 1 aromatic heterocycles. The predicted octanol–water partition coefficient (Wildman–Crippen LogP) is 2.90. The van der Waals surface area contributed by atoms with Crippen molar-refractivity contribution in [2.24, 2.45) is 0 Å². The van der Waals surface area contributed by atoms with Gasteiger partial charge in [0.05, 0.1) is 0 Å². The fourth-order valence-corrected chi connectivity index (χ4v) is 1.56. The lowest BCUT2D eigenvalue weighted by Crippen LogP contribution is -2.07. The van der Waals surface area contributed by atoms with E-state index in [9.17, 15) is 13.6 Å². The van der Waals surface area contributed by atoms with Crippen molar-refractivity contribution in [1.82, 2.24) is 4.98 Å². The molecule has 4 heteroatoms.